The molecule has 0 spiro atoms. The van der Waals surface area contributed by atoms with Gasteiger partial charge in [-0.25, -0.2) is 9.50 Å². The Kier molecular flexibility index (Phi) is 3.84. The van der Waals surface area contributed by atoms with Gasteiger partial charge < -0.3 is 5.32 Å². The maximum Gasteiger partial charge on any atom is 0.435 e. The molecule has 0 aliphatic heterocycles. The zero-order chi connectivity index (χ0) is 14.0. The summed E-state index contributed by atoms with van der Waals surface area (Å²) in [5.41, 5.74) is -0.648. The molecule has 4 nitrogen and oxygen atoms in total. The van der Waals surface area contributed by atoms with E-state index < -0.39 is 11.9 Å². The lowest BCUT2D eigenvalue weighted by molar-refractivity contribution is -0.141. The van der Waals surface area contributed by atoms with Gasteiger partial charge in [-0.15, -0.1) is 11.6 Å². The first-order valence-corrected chi connectivity index (χ1v) is 6.16. The molecule has 1 unspecified atom stereocenters. The zero-order valence-electron chi connectivity index (χ0n) is 10.1. The molecule has 0 aliphatic rings. The second-order valence-electron chi connectivity index (χ2n) is 4.27. The molecule has 1 atom stereocenters. The minimum atomic E-state index is -4.47. The number of rotatable bonds is 4. The van der Waals surface area contributed by atoms with Crippen LogP contribution < -0.4 is 5.32 Å². The van der Waals surface area contributed by atoms with Crippen LogP contribution in [0.25, 0.3) is 5.52 Å². The van der Waals surface area contributed by atoms with Crippen LogP contribution in [0.3, 0.4) is 0 Å². The summed E-state index contributed by atoms with van der Waals surface area (Å²) < 4.78 is 38.9. The van der Waals surface area contributed by atoms with Gasteiger partial charge in [-0.1, -0.05) is 6.92 Å². The first-order valence-electron chi connectivity index (χ1n) is 5.63. The third-order valence-corrected chi connectivity index (χ3v) is 3.09. The van der Waals surface area contributed by atoms with Gasteiger partial charge >= 0.3 is 6.18 Å². The fourth-order valence-corrected chi connectivity index (χ4v) is 1.63. The van der Waals surface area contributed by atoms with E-state index in [-0.39, 0.29) is 11.4 Å². The van der Waals surface area contributed by atoms with Crippen molar-refractivity contribution in [3.05, 3.63) is 24.2 Å². The first-order chi connectivity index (χ1) is 8.91. The average molecular weight is 293 g/mol. The predicted molar refractivity (Wildman–Crippen MR) is 66.4 cm³/mol. The number of nitrogens with zero attached hydrogens (tertiary/aromatic N) is 3. The Bertz CT molecular complexity index is 567. The van der Waals surface area contributed by atoms with Gasteiger partial charge in [0, 0.05) is 30.9 Å². The Morgan fingerprint density at radius 1 is 1.47 bits per heavy atom. The fraction of sp³-hybridized carbons (Fsp3) is 0.455. The lowest BCUT2D eigenvalue weighted by Gasteiger charge is -2.10. The first kappa shape index (κ1) is 13.9. The minimum absolute atomic E-state index is 0.189. The SMILES string of the molecule is CC(CCl)CNc1nccn2nc(C(F)(F)F)cc12. The summed E-state index contributed by atoms with van der Waals surface area (Å²) in [6, 6.07) is 0.973. The Morgan fingerprint density at radius 3 is 2.84 bits per heavy atom. The molecule has 0 aromatic carbocycles. The van der Waals surface area contributed by atoms with E-state index in [1.165, 1.54) is 12.4 Å². The third kappa shape index (κ3) is 3.09. The van der Waals surface area contributed by atoms with Gasteiger partial charge in [0.25, 0.3) is 0 Å². The van der Waals surface area contributed by atoms with E-state index >= 15 is 0 Å². The Morgan fingerprint density at radius 2 is 2.21 bits per heavy atom. The average Bonchev–Trinajstić information content (AvgIpc) is 2.80. The molecule has 2 aromatic heterocycles. The van der Waals surface area contributed by atoms with Gasteiger partial charge in [-0.3, -0.25) is 0 Å². The van der Waals surface area contributed by atoms with Crippen molar-refractivity contribution in [3.63, 3.8) is 0 Å². The summed E-state index contributed by atoms with van der Waals surface area (Å²) in [4.78, 5) is 4.03. The van der Waals surface area contributed by atoms with Gasteiger partial charge in [-0.05, 0) is 5.92 Å². The van der Waals surface area contributed by atoms with Crippen molar-refractivity contribution in [2.75, 3.05) is 17.7 Å². The number of hydrogen-bond acceptors (Lipinski definition) is 3. The second kappa shape index (κ2) is 5.24. The molecule has 0 radical (unpaired) electrons. The monoisotopic (exact) mass is 292 g/mol. The van der Waals surface area contributed by atoms with Crippen molar-refractivity contribution >= 4 is 22.9 Å². The fourth-order valence-electron chi connectivity index (χ4n) is 1.52. The van der Waals surface area contributed by atoms with E-state index in [1.807, 2.05) is 6.92 Å². The van der Waals surface area contributed by atoms with E-state index in [2.05, 4.69) is 15.4 Å². The lowest BCUT2D eigenvalue weighted by atomic mass is 10.2. The van der Waals surface area contributed by atoms with Crippen molar-refractivity contribution in [1.82, 2.24) is 14.6 Å². The largest absolute Gasteiger partial charge is 0.435 e. The molecule has 8 heteroatoms. The second-order valence-corrected chi connectivity index (χ2v) is 4.58. The molecule has 0 bridgehead atoms. The summed E-state index contributed by atoms with van der Waals surface area (Å²) in [6.07, 6.45) is -1.69. The number of fused-ring (bicyclic) bond motifs is 1. The topological polar surface area (TPSA) is 42.2 Å². The molecule has 1 N–H and O–H groups in total. The van der Waals surface area contributed by atoms with E-state index in [0.29, 0.717) is 18.2 Å². The molecule has 2 aromatic rings. The number of hydrogen-bond donors (Lipinski definition) is 1. The van der Waals surface area contributed by atoms with Crippen molar-refractivity contribution in [3.8, 4) is 0 Å². The van der Waals surface area contributed by atoms with Crippen LogP contribution in [0.2, 0.25) is 0 Å². The highest BCUT2D eigenvalue weighted by atomic mass is 35.5. The van der Waals surface area contributed by atoms with Crippen LogP contribution in [0.4, 0.5) is 19.0 Å². The van der Waals surface area contributed by atoms with E-state index in [4.69, 9.17) is 11.6 Å². The lowest BCUT2D eigenvalue weighted by Crippen LogP contribution is -2.13. The molecule has 0 aliphatic carbocycles. The van der Waals surface area contributed by atoms with E-state index in [1.54, 1.807) is 0 Å². The molecule has 2 rings (SSSR count). The molecule has 19 heavy (non-hydrogen) atoms. The number of anilines is 1. The van der Waals surface area contributed by atoms with Crippen molar-refractivity contribution in [2.24, 2.45) is 5.92 Å². The van der Waals surface area contributed by atoms with E-state index in [0.717, 1.165) is 10.6 Å². The van der Waals surface area contributed by atoms with Crippen LogP contribution in [-0.4, -0.2) is 27.0 Å². The maximum absolute atomic E-state index is 12.6. The van der Waals surface area contributed by atoms with Gasteiger partial charge in [0.15, 0.2) is 11.5 Å². The molecule has 0 fully saturated rings. The zero-order valence-corrected chi connectivity index (χ0v) is 10.8. The van der Waals surface area contributed by atoms with Gasteiger partial charge in [0.2, 0.25) is 0 Å². The van der Waals surface area contributed by atoms with Gasteiger partial charge in [0.1, 0.15) is 5.52 Å². The summed E-state index contributed by atoms with van der Waals surface area (Å²) >= 11 is 5.67. The molecular weight excluding hydrogens is 281 g/mol. The molecule has 104 valence electrons. The van der Waals surface area contributed by atoms with Gasteiger partial charge in [-0.2, -0.15) is 18.3 Å². The molecular formula is C11H12ClF3N4. The third-order valence-electron chi connectivity index (χ3n) is 2.56. The highest BCUT2D eigenvalue weighted by Gasteiger charge is 2.34. The van der Waals surface area contributed by atoms with Crippen molar-refractivity contribution < 1.29 is 13.2 Å². The van der Waals surface area contributed by atoms with E-state index in [9.17, 15) is 13.2 Å². The Labute approximate surface area is 112 Å². The van der Waals surface area contributed by atoms with Gasteiger partial charge in [0.05, 0.1) is 0 Å². The summed E-state index contributed by atoms with van der Waals surface area (Å²) in [6.45, 7) is 2.46. The number of halogens is 4. The summed E-state index contributed by atoms with van der Waals surface area (Å²) in [5, 5.41) is 6.46. The molecule has 2 heterocycles. The number of alkyl halides is 4. The quantitative estimate of drug-likeness (QED) is 0.881. The van der Waals surface area contributed by atoms with Crippen molar-refractivity contribution in [2.45, 2.75) is 13.1 Å². The van der Waals surface area contributed by atoms with Crippen LogP contribution in [0.15, 0.2) is 18.5 Å². The predicted octanol–water partition coefficient (Wildman–Crippen LogP) is 3.03. The number of nitrogens with one attached hydrogen (secondary N) is 1. The normalized spacial score (nSPS) is 13.7. The van der Waals surface area contributed by atoms with Crippen LogP contribution in [-0.2, 0) is 6.18 Å². The smallest absolute Gasteiger partial charge is 0.368 e. The Hall–Kier alpha value is -1.50. The van der Waals surface area contributed by atoms with Crippen LogP contribution in [0, 0.1) is 5.92 Å². The Balaban J connectivity index is 2.32. The molecule has 0 amide bonds. The summed E-state index contributed by atoms with van der Waals surface area (Å²) in [5.74, 6) is 1.01. The number of aromatic nitrogens is 3. The highest BCUT2D eigenvalue weighted by Crippen LogP contribution is 2.30. The standard InChI is InChI=1S/C11H12ClF3N4/c1-7(5-12)6-17-10-8-4-9(11(13,14)15)18-19(8)3-2-16-10/h2-4,7H,5-6H2,1H3,(H,16,17). The van der Waals surface area contributed by atoms with Crippen LogP contribution in [0.5, 0.6) is 0 Å². The summed E-state index contributed by atoms with van der Waals surface area (Å²) in [7, 11) is 0. The maximum atomic E-state index is 12.6. The highest BCUT2D eigenvalue weighted by molar-refractivity contribution is 6.18. The van der Waals surface area contributed by atoms with Crippen molar-refractivity contribution in [1.29, 1.82) is 0 Å². The van der Waals surface area contributed by atoms with Crippen LogP contribution in [0.1, 0.15) is 12.6 Å². The minimum Gasteiger partial charge on any atom is -0.368 e. The molecule has 0 saturated carbocycles. The van der Waals surface area contributed by atoms with Crippen LogP contribution >= 0.6 is 11.6 Å². The molecule has 0 saturated heterocycles.